The Morgan fingerprint density at radius 3 is 2.74 bits per heavy atom. The minimum Gasteiger partial charge on any atom is -0.375 e. The van der Waals surface area contributed by atoms with Gasteiger partial charge in [-0.25, -0.2) is 0 Å². The second-order valence-electron chi connectivity index (χ2n) is 6.74. The lowest BCUT2D eigenvalue weighted by Gasteiger charge is -2.45. The number of ether oxygens (including phenoxy) is 1. The highest BCUT2D eigenvalue weighted by molar-refractivity contribution is 5.79. The van der Waals surface area contributed by atoms with E-state index in [2.05, 4.69) is 5.32 Å². The molecule has 0 radical (unpaired) electrons. The molecule has 3 nitrogen and oxygen atoms in total. The normalized spacial score (nSPS) is 35.7. The zero-order valence-electron chi connectivity index (χ0n) is 12.0. The lowest BCUT2D eigenvalue weighted by Crippen LogP contribution is -2.45. The highest BCUT2D eigenvalue weighted by atomic mass is 16.5. The predicted octanol–water partition coefficient (Wildman–Crippen LogP) is 3.03. The minimum atomic E-state index is 0.133. The molecule has 2 atom stereocenters. The van der Waals surface area contributed by atoms with Gasteiger partial charge < -0.3 is 10.1 Å². The molecule has 2 saturated heterocycles. The average molecular weight is 265 g/mol. The molecule has 19 heavy (non-hydrogen) atoms. The van der Waals surface area contributed by atoms with Gasteiger partial charge in [-0.05, 0) is 44.4 Å². The second-order valence-corrected chi connectivity index (χ2v) is 6.74. The SMILES string of the molecule is O=C1NCCCCC1C1CCOC2(CCCCC2)C1. The fraction of sp³-hybridized carbons (Fsp3) is 0.938. The number of rotatable bonds is 1. The molecular formula is C16H27NO2. The van der Waals surface area contributed by atoms with Crippen molar-refractivity contribution in [3.05, 3.63) is 0 Å². The molecular weight excluding hydrogens is 238 g/mol. The van der Waals surface area contributed by atoms with Crippen LogP contribution < -0.4 is 5.32 Å². The van der Waals surface area contributed by atoms with E-state index < -0.39 is 0 Å². The van der Waals surface area contributed by atoms with E-state index in [1.807, 2.05) is 0 Å². The van der Waals surface area contributed by atoms with Gasteiger partial charge in [0.1, 0.15) is 0 Å². The quantitative estimate of drug-likeness (QED) is 0.791. The fourth-order valence-electron chi connectivity index (χ4n) is 4.37. The third-order valence-corrected chi connectivity index (χ3v) is 5.44. The molecule has 1 amide bonds. The minimum absolute atomic E-state index is 0.133. The Morgan fingerprint density at radius 2 is 1.89 bits per heavy atom. The number of nitrogens with one attached hydrogen (secondary N) is 1. The molecule has 2 heterocycles. The first-order valence-corrected chi connectivity index (χ1v) is 8.21. The molecule has 3 aliphatic rings. The van der Waals surface area contributed by atoms with Crippen LogP contribution in [0, 0.1) is 11.8 Å². The molecule has 2 aliphatic heterocycles. The predicted molar refractivity (Wildman–Crippen MR) is 74.8 cm³/mol. The molecule has 1 aliphatic carbocycles. The summed E-state index contributed by atoms with van der Waals surface area (Å²) < 4.78 is 6.16. The average Bonchev–Trinajstić information content (AvgIpc) is 2.64. The summed E-state index contributed by atoms with van der Waals surface area (Å²) in [5.41, 5.74) is 0.133. The van der Waals surface area contributed by atoms with E-state index in [1.54, 1.807) is 0 Å². The van der Waals surface area contributed by atoms with Gasteiger partial charge in [0.2, 0.25) is 5.91 Å². The van der Waals surface area contributed by atoms with Crippen LogP contribution in [0.25, 0.3) is 0 Å². The Morgan fingerprint density at radius 1 is 1.05 bits per heavy atom. The van der Waals surface area contributed by atoms with E-state index in [4.69, 9.17) is 4.74 Å². The molecule has 108 valence electrons. The number of amides is 1. The Kier molecular flexibility index (Phi) is 4.11. The zero-order chi connectivity index (χ0) is 13.1. The van der Waals surface area contributed by atoms with E-state index in [1.165, 1.54) is 38.5 Å². The Hall–Kier alpha value is -0.570. The van der Waals surface area contributed by atoms with Crippen LogP contribution in [-0.4, -0.2) is 24.7 Å². The summed E-state index contributed by atoms with van der Waals surface area (Å²) in [6.07, 6.45) is 12.1. The number of hydrogen-bond acceptors (Lipinski definition) is 2. The second kappa shape index (κ2) is 5.82. The van der Waals surface area contributed by atoms with Gasteiger partial charge >= 0.3 is 0 Å². The van der Waals surface area contributed by atoms with Gasteiger partial charge in [0.15, 0.2) is 0 Å². The van der Waals surface area contributed by atoms with E-state index >= 15 is 0 Å². The van der Waals surface area contributed by atoms with Crippen LogP contribution in [0.1, 0.15) is 64.2 Å². The zero-order valence-corrected chi connectivity index (χ0v) is 12.0. The van der Waals surface area contributed by atoms with Crippen LogP contribution in [0.2, 0.25) is 0 Å². The molecule has 2 unspecified atom stereocenters. The monoisotopic (exact) mass is 265 g/mol. The summed E-state index contributed by atoms with van der Waals surface area (Å²) in [4.78, 5) is 12.2. The van der Waals surface area contributed by atoms with E-state index in [9.17, 15) is 4.79 Å². The molecule has 3 rings (SSSR count). The number of carbonyl (C=O) groups is 1. The maximum absolute atomic E-state index is 12.2. The number of carbonyl (C=O) groups excluding carboxylic acids is 1. The lowest BCUT2D eigenvalue weighted by molar-refractivity contribution is -0.140. The van der Waals surface area contributed by atoms with Crippen molar-refractivity contribution in [2.75, 3.05) is 13.2 Å². The van der Waals surface area contributed by atoms with Crippen LogP contribution >= 0.6 is 0 Å². The smallest absolute Gasteiger partial charge is 0.223 e. The van der Waals surface area contributed by atoms with E-state index in [0.717, 1.165) is 38.8 Å². The summed E-state index contributed by atoms with van der Waals surface area (Å²) in [6, 6.07) is 0. The Balaban J connectivity index is 1.68. The van der Waals surface area contributed by atoms with Gasteiger partial charge in [-0.1, -0.05) is 25.7 Å². The molecule has 1 saturated carbocycles. The summed E-state index contributed by atoms with van der Waals surface area (Å²) >= 11 is 0. The molecule has 3 fully saturated rings. The van der Waals surface area contributed by atoms with Gasteiger partial charge in [-0.2, -0.15) is 0 Å². The highest BCUT2D eigenvalue weighted by Gasteiger charge is 2.42. The lowest BCUT2D eigenvalue weighted by atomic mass is 9.71. The Labute approximate surface area is 116 Å². The van der Waals surface area contributed by atoms with Crippen molar-refractivity contribution in [1.29, 1.82) is 0 Å². The Bertz CT molecular complexity index is 317. The van der Waals surface area contributed by atoms with E-state index in [0.29, 0.717) is 11.8 Å². The third-order valence-electron chi connectivity index (χ3n) is 5.44. The molecule has 1 spiro atoms. The summed E-state index contributed by atoms with van der Waals surface area (Å²) in [5.74, 6) is 1.13. The van der Waals surface area contributed by atoms with Crippen LogP contribution in [0.4, 0.5) is 0 Å². The van der Waals surface area contributed by atoms with Crippen molar-refractivity contribution in [1.82, 2.24) is 5.32 Å². The first-order valence-electron chi connectivity index (χ1n) is 8.21. The maximum Gasteiger partial charge on any atom is 0.223 e. The maximum atomic E-state index is 12.2. The van der Waals surface area contributed by atoms with Crippen molar-refractivity contribution in [3.8, 4) is 0 Å². The standard InChI is InChI=1S/C16H27NO2/c18-15-14(6-2-5-10-17-15)13-7-11-19-16(12-13)8-3-1-4-9-16/h13-14H,1-12H2,(H,17,18). The largest absolute Gasteiger partial charge is 0.375 e. The van der Waals surface area contributed by atoms with Gasteiger partial charge in [0.25, 0.3) is 0 Å². The molecule has 1 N–H and O–H groups in total. The first-order chi connectivity index (χ1) is 9.29. The summed E-state index contributed by atoms with van der Waals surface area (Å²) in [7, 11) is 0. The van der Waals surface area contributed by atoms with Crippen molar-refractivity contribution in [2.24, 2.45) is 11.8 Å². The topological polar surface area (TPSA) is 38.3 Å². The fourth-order valence-corrected chi connectivity index (χ4v) is 4.37. The molecule has 3 heteroatoms. The molecule has 0 aromatic heterocycles. The van der Waals surface area contributed by atoms with Gasteiger partial charge in [0, 0.05) is 19.1 Å². The van der Waals surface area contributed by atoms with Crippen LogP contribution in [-0.2, 0) is 9.53 Å². The molecule has 0 aromatic rings. The molecule has 0 aromatic carbocycles. The van der Waals surface area contributed by atoms with Gasteiger partial charge in [-0.15, -0.1) is 0 Å². The van der Waals surface area contributed by atoms with Gasteiger partial charge in [-0.3, -0.25) is 4.79 Å². The van der Waals surface area contributed by atoms with Crippen molar-refractivity contribution >= 4 is 5.91 Å². The van der Waals surface area contributed by atoms with Crippen molar-refractivity contribution in [2.45, 2.75) is 69.8 Å². The van der Waals surface area contributed by atoms with Gasteiger partial charge in [0.05, 0.1) is 5.60 Å². The van der Waals surface area contributed by atoms with Crippen LogP contribution in [0.15, 0.2) is 0 Å². The highest BCUT2D eigenvalue weighted by Crippen LogP contribution is 2.43. The van der Waals surface area contributed by atoms with E-state index in [-0.39, 0.29) is 11.5 Å². The molecule has 0 bridgehead atoms. The van der Waals surface area contributed by atoms with Crippen molar-refractivity contribution < 1.29 is 9.53 Å². The summed E-state index contributed by atoms with van der Waals surface area (Å²) in [5, 5.41) is 3.10. The third kappa shape index (κ3) is 2.96. The van der Waals surface area contributed by atoms with Crippen molar-refractivity contribution in [3.63, 3.8) is 0 Å². The summed E-state index contributed by atoms with van der Waals surface area (Å²) in [6.45, 7) is 1.75. The van der Waals surface area contributed by atoms with Crippen LogP contribution in [0.5, 0.6) is 0 Å². The first kappa shape index (κ1) is 13.4. The number of hydrogen-bond donors (Lipinski definition) is 1. The van der Waals surface area contributed by atoms with Crippen LogP contribution in [0.3, 0.4) is 0 Å².